The van der Waals surface area contributed by atoms with Crippen molar-refractivity contribution in [2.24, 2.45) is 0 Å². The minimum atomic E-state index is -0.883. The van der Waals surface area contributed by atoms with Crippen LogP contribution in [0.2, 0.25) is 5.02 Å². The van der Waals surface area contributed by atoms with Crippen LogP contribution >= 0.6 is 11.6 Å². The fraction of sp³-hybridized carbons (Fsp3) is 0.333. The summed E-state index contributed by atoms with van der Waals surface area (Å²) in [6.07, 6.45) is 0.266. The SMILES string of the molecule is Cc1cc(OCC(=O)N(Cc2ccccc2F)[C@H](Cc2ccccc2)C(=O)NC(C)(C)C)cc(C)c1Cl. The van der Waals surface area contributed by atoms with Gasteiger partial charge in [0.2, 0.25) is 5.91 Å². The van der Waals surface area contributed by atoms with E-state index in [0.29, 0.717) is 16.3 Å². The molecule has 1 N–H and O–H groups in total. The number of halogens is 2. The number of benzene rings is 3. The molecule has 3 aromatic rings. The monoisotopic (exact) mass is 524 g/mol. The van der Waals surface area contributed by atoms with Crippen molar-refractivity contribution in [2.75, 3.05) is 6.61 Å². The highest BCUT2D eigenvalue weighted by atomic mass is 35.5. The third-order valence-corrected chi connectivity index (χ3v) is 6.44. The van der Waals surface area contributed by atoms with E-state index >= 15 is 0 Å². The van der Waals surface area contributed by atoms with Crippen molar-refractivity contribution in [1.82, 2.24) is 10.2 Å². The third-order valence-electron chi connectivity index (χ3n) is 5.84. The number of hydrogen-bond donors (Lipinski definition) is 1. The van der Waals surface area contributed by atoms with Gasteiger partial charge in [0, 0.05) is 29.1 Å². The van der Waals surface area contributed by atoms with Crippen LogP contribution in [0.4, 0.5) is 4.39 Å². The summed E-state index contributed by atoms with van der Waals surface area (Å²) >= 11 is 6.26. The van der Waals surface area contributed by atoms with Gasteiger partial charge in [0.05, 0.1) is 0 Å². The second-order valence-electron chi connectivity index (χ2n) is 10.2. The molecule has 5 nitrogen and oxygen atoms in total. The molecule has 0 radical (unpaired) electrons. The van der Waals surface area contributed by atoms with E-state index in [2.05, 4.69) is 5.32 Å². The number of rotatable bonds is 9. The number of carbonyl (C=O) groups is 2. The molecule has 0 spiro atoms. The van der Waals surface area contributed by atoms with Gasteiger partial charge in [0.25, 0.3) is 5.91 Å². The highest BCUT2D eigenvalue weighted by Gasteiger charge is 2.33. The Morgan fingerprint density at radius 3 is 2.19 bits per heavy atom. The Morgan fingerprint density at radius 1 is 1.00 bits per heavy atom. The Morgan fingerprint density at radius 2 is 1.59 bits per heavy atom. The fourth-order valence-corrected chi connectivity index (χ4v) is 4.14. The molecule has 0 saturated carbocycles. The molecule has 0 aliphatic rings. The van der Waals surface area contributed by atoms with E-state index in [0.717, 1.165) is 16.7 Å². The lowest BCUT2D eigenvalue weighted by molar-refractivity contribution is -0.143. The van der Waals surface area contributed by atoms with Crippen LogP contribution in [0, 0.1) is 19.7 Å². The summed E-state index contributed by atoms with van der Waals surface area (Å²) in [6.45, 7) is 8.96. The van der Waals surface area contributed by atoms with Gasteiger partial charge in [-0.3, -0.25) is 9.59 Å². The minimum absolute atomic E-state index is 0.0808. The maximum Gasteiger partial charge on any atom is 0.261 e. The lowest BCUT2D eigenvalue weighted by Gasteiger charge is -2.33. The van der Waals surface area contributed by atoms with Crippen molar-refractivity contribution < 1.29 is 18.7 Å². The first-order chi connectivity index (χ1) is 17.4. The zero-order valence-corrected chi connectivity index (χ0v) is 22.7. The van der Waals surface area contributed by atoms with Gasteiger partial charge in [-0.05, 0) is 69.5 Å². The standard InChI is InChI=1S/C30H34ClFN2O3/c1-20-15-24(16-21(2)28(20)31)37-19-27(35)34(18-23-13-9-10-14-25(23)32)26(29(36)33-30(3,4)5)17-22-11-7-6-8-12-22/h6-16,26H,17-19H2,1-5H3,(H,33,36)/t26-/m1/s1. The Labute approximate surface area is 223 Å². The number of ether oxygens (including phenoxy) is 1. The van der Waals surface area contributed by atoms with Crippen molar-refractivity contribution in [1.29, 1.82) is 0 Å². The first-order valence-corrected chi connectivity index (χ1v) is 12.6. The predicted molar refractivity (Wildman–Crippen MR) is 145 cm³/mol. The maximum absolute atomic E-state index is 14.7. The van der Waals surface area contributed by atoms with Crippen LogP contribution in [0.15, 0.2) is 66.7 Å². The van der Waals surface area contributed by atoms with Crippen LogP contribution in [0.1, 0.15) is 43.0 Å². The van der Waals surface area contributed by atoms with Crippen LogP contribution in [-0.4, -0.2) is 34.9 Å². The molecule has 2 amide bonds. The van der Waals surface area contributed by atoms with E-state index in [4.69, 9.17) is 16.3 Å². The Hall–Kier alpha value is -3.38. The topological polar surface area (TPSA) is 58.6 Å². The Bertz CT molecular complexity index is 1220. The van der Waals surface area contributed by atoms with Gasteiger partial charge in [-0.1, -0.05) is 60.1 Å². The van der Waals surface area contributed by atoms with Crippen LogP contribution in [0.3, 0.4) is 0 Å². The highest BCUT2D eigenvalue weighted by Crippen LogP contribution is 2.26. The summed E-state index contributed by atoms with van der Waals surface area (Å²) in [5, 5.41) is 3.63. The average Bonchev–Trinajstić information content (AvgIpc) is 2.83. The number of nitrogens with zero attached hydrogens (tertiary/aromatic N) is 1. The second-order valence-corrected chi connectivity index (χ2v) is 10.6. The number of amides is 2. The van der Waals surface area contributed by atoms with E-state index in [-0.39, 0.29) is 25.5 Å². The van der Waals surface area contributed by atoms with Crippen LogP contribution < -0.4 is 10.1 Å². The largest absolute Gasteiger partial charge is 0.484 e. The van der Waals surface area contributed by atoms with E-state index < -0.39 is 23.3 Å². The summed E-state index contributed by atoms with van der Waals surface area (Å²) in [7, 11) is 0. The zero-order valence-electron chi connectivity index (χ0n) is 22.0. The van der Waals surface area contributed by atoms with E-state index in [1.54, 1.807) is 30.3 Å². The van der Waals surface area contributed by atoms with Gasteiger partial charge in [-0.25, -0.2) is 4.39 Å². The summed E-state index contributed by atoms with van der Waals surface area (Å²) in [5.41, 5.74) is 2.34. The lowest BCUT2D eigenvalue weighted by atomic mass is 10.0. The van der Waals surface area contributed by atoms with Crippen LogP contribution in [0.25, 0.3) is 0 Å². The summed E-state index contributed by atoms with van der Waals surface area (Å²) in [6, 6.07) is 18.3. The van der Waals surface area contributed by atoms with Gasteiger partial charge in [0.15, 0.2) is 6.61 Å². The van der Waals surface area contributed by atoms with Gasteiger partial charge < -0.3 is 15.0 Å². The van der Waals surface area contributed by atoms with Crippen LogP contribution in [-0.2, 0) is 22.6 Å². The molecule has 7 heteroatoms. The maximum atomic E-state index is 14.7. The molecule has 37 heavy (non-hydrogen) atoms. The molecule has 3 rings (SSSR count). The summed E-state index contributed by atoms with van der Waals surface area (Å²) < 4.78 is 20.5. The van der Waals surface area contributed by atoms with Crippen molar-refractivity contribution in [3.05, 3.63) is 99.8 Å². The average molecular weight is 525 g/mol. The fourth-order valence-electron chi connectivity index (χ4n) is 4.03. The molecule has 0 heterocycles. The molecule has 0 aliphatic carbocycles. The first kappa shape index (κ1) is 28.2. The zero-order chi connectivity index (χ0) is 27.2. The normalized spacial score (nSPS) is 12.1. The van der Waals surface area contributed by atoms with E-state index in [1.807, 2.05) is 65.0 Å². The molecule has 0 fully saturated rings. The highest BCUT2D eigenvalue weighted by molar-refractivity contribution is 6.32. The molecule has 1 atom stereocenters. The number of nitrogens with one attached hydrogen (secondary N) is 1. The molecule has 0 aliphatic heterocycles. The van der Waals surface area contributed by atoms with Crippen molar-refractivity contribution in [2.45, 2.75) is 59.2 Å². The van der Waals surface area contributed by atoms with Gasteiger partial charge in [-0.2, -0.15) is 0 Å². The first-order valence-electron chi connectivity index (χ1n) is 12.2. The number of aryl methyl sites for hydroxylation is 2. The molecular weight excluding hydrogens is 491 g/mol. The van der Waals surface area contributed by atoms with Gasteiger partial charge >= 0.3 is 0 Å². The van der Waals surface area contributed by atoms with E-state index in [9.17, 15) is 14.0 Å². The lowest BCUT2D eigenvalue weighted by Crippen LogP contribution is -2.55. The van der Waals surface area contributed by atoms with Crippen molar-refractivity contribution in [3.63, 3.8) is 0 Å². The third kappa shape index (κ3) is 8.05. The van der Waals surface area contributed by atoms with Crippen molar-refractivity contribution >= 4 is 23.4 Å². The molecule has 3 aromatic carbocycles. The molecule has 0 unspecified atom stereocenters. The summed E-state index contributed by atoms with van der Waals surface area (Å²) in [5.74, 6) is -0.699. The van der Waals surface area contributed by atoms with Gasteiger partial charge in [0.1, 0.15) is 17.6 Å². The molecule has 196 valence electrons. The molecular formula is C30H34ClFN2O3. The minimum Gasteiger partial charge on any atom is -0.484 e. The van der Waals surface area contributed by atoms with Crippen LogP contribution in [0.5, 0.6) is 5.75 Å². The summed E-state index contributed by atoms with van der Waals surface area (Å²) in [4.78, 5) is 28.6. The smallest absolute Gasteiger partial charge is 0.261 e. The predicted octanol–water partition coefficient (Wildman–Crippen LogP) is 6.03. The Kier molecular flexibility index (Phi) is 9.33. The Balaban J connectivity index is 1.95. The van der Waals surface area contributed by atoms with Crippen molar-refractivity contribution in [3.8, 4) is 5.75 Å². The number of hydrogen-bond acceptors (Lipinski definition) is 3. The molecule has 0 aromatic heterocycles. The quantitative estimate of drug-likeness (QED) is 0.372. The molecule has 0 saturated heterocycles. The van der Waals surface area contributed by atoms with Gasteiger partial charge in [-0.15, -0.1) is 0 Å². The number of carbonyl (C=O) groups excluding carboxylic acids is 2. The van der Waals surface area contributed by atoms with E-state index in [1.165, 1.54) is 11.0 Å². The second kappa shape index (κ2) is 12.2. The molecule has 0 bridgehead atoms.